The maximum Gasteiger partial charge on any atom is 0.325 e. The number of H-pyrrole nitrogens is 2. The van der Waals surface area contributed by atoms with Gasteiger partial charge in [-0.15, -0.1) is 0 Å². The number of halogens is 2. The summed E-state index contributed by atoms with van der Waals surface area (Å²) >= 11 is 5.89. The zero-order valence-electron chi connectivity index (χ0n) is 16.1. The van der Waals surface area contributed by atoms with Gasteiger partial charge in [0.1, 0.15) is 5.82 Å². The number of benzene rings is 1. The van der Waals surface area contributed by atoms with Crippen molar-refractivity contribution in [3.8, 4) is 0 Å². The number of allylic oxidation sites excluding steroid dienone is 4. The van der Waals surface area contributed by atoms with Gasteiger partial charge in [0.15, 0.2) is 0 Å². The summed E-state index contributed by atoms with van der Waals surface area (Å²) in [5.41, 5.74) is 1.14. The molecule has 4 rings (SSSR count). The van der Waals surface area contributed by atoms with Crippen molar-refractivity contribution in [2.24, 2.45) is 11.8 Å². The number of aromatic amines is 2. The van der Waals surface area contributed by atoms with Crippen LogP contribution in [0.15, 0.2) is 52.1 Å². The molecule has 4 nitrogen and oxygen atoms in total. The van der Waals surface area contributed by atoms with Crippen LogP contribution in [0.1, 0.15) is 54.8 Å². The first-order valence-electron chi connectivity index (χ1n) is 10.1. The maximum absolute atomic E-state index is 13.5. The molecule has 0 bridgehead atoms. The van der Waals surface area contributed by atoms with E-state index in [9.17, 15) is 14.0 Å². The average Bonchev–Trinajstić information content (AvgIpc) is 2.73. The molecule has 1 aromatic carbocycles. The van der Waals surface area contributed by atoms with Crippen LogP contribution in [0.2, 0.25) is 5.02 Å². The number of nitrogens with one attached hydrogen (secondary N) is 2. The number of hydrogen-bond donors (Lipinski definition) is 2. The smallest absolute Gasteiger partial charge is 0.311 e. The molecule has 0 saturated heterocycles. The summed E-state index contributed by atoms with van der Waals surface area (Å²) in [6.07, 6.45) is 14.2. The summed E-state index contributed by atoms with van der Waals surface area (Å²) in [5.74, 6) is 0.881. The van der Waals surface area contributed by atoms with Crippen LogP contribution in [0, 0.1) is 17.7 Å². The minimum Gasteiger partial charge on any atom is -0.311 e. The average molecular weight is 415 g/mol. The molecule has 1 saturated carbocycles. The van der Waals surface area contributed by atoms with Crippen LogP contribution in [0.5, 0.6) is 0 Å². The maximum atomic E-state index is 13.5. The molecule has 2 aliphatic carbocycles. The minimum absolute atomic E-state index is 0.0278. The molecular formula is C23H24ClFN2O2. The quantitative estimate of drug-likeness (QED) is 0.750. The number of rotatable bonds is 4. The van der Waals surface area contributed by atoms with Gasteiger partial charge in [-0.2, -0.15) is 0 Å². The molecule has 1 heterocycles. The molecule has 1 unspecified atom stereocenters. The molecular weight excluding hydrogens is 391 g/mol. The largest absolute Gasteiger partial charge is 0.325 e. The lowest BCUT2D eigenvalue weighted by molar-refractivity contribution is 0.262. The molecule has 152 valence electrons. The monoisotopic (exact) mass is 414 g/mol. The van der Waals surface area contributed by atoms with Crippen LogP contribution in [0.3, 0.4) is 0 Å². The summed E-state index contributed by atoms with van der Waals surface area (Å²) in [6, 6.07) is 4.45. The summed E-state index contributed by atoms with van der Waals surface area (Å²) in [7, 11) is 0. The lowest BCUT2D eigenvalue weighted by Gasteiger charge is -2.33. The topological polar surface area (TPSA) is 65.7 Å². The van der Waals surface area contributed by atoms with Gasteiger partial charge in [-0.3, -0.25) is 9.78 Å². The van der Waals surface area contributed by atoms with E-state index in [1.165, 1.54) is 12.1 Å². The van der Waals surface area contributed by atoms with Crippen molar-refractivity contribution < 1.29 is 4.39 Å². The van der Waals surface area contributed by atoms with E-state index < -0.39 is 11.5 Å². The molecule has 1 atom stereocenters. The van der Waals surface area contributed by atoms with E-state index in [4.69, 9.17) is 11.6 Å². The van der Waals surface area contributed by atoms with E-state index in [1.807, 2.05) is 0 Å². The third-order valence-electron chi connectivity index (χ3n) is 6.24. The van der Waals surface area contributed by atoms with Crippen LogP contribution >= 0.6 is 11.6 Å². The molecule has 6 heteroatoms. The molecule has 29 heavy (non-hydrogen) atoms. The third kappa shape index (κ3) is 4.45. The third-order valence-corrected chi connectivity index (χ3v) is 6.53. The fourth-order valence-corrected chi connectivity index (χ4v) is 4.90. The fourth-order valence-electron chi connectivity index (χ4n) is 4.69. The van der Waals surface area contributed by atoms with Gasteiger partial charge in [-0.25, -0.2) is 9.18 Å². The highest BCUT2D eigenvalue weighted by Gasteiger charge is 2.29. The molecule has 2 aromatic rings. The van der Waals surface area contributed by atoms with Crippen molar-refractivity contribution in [3.63, 3.8) is 0 Å². The Morgan fingerprint density at radius 2 is 1.86 bits per heavy atom. The Kier molecular flexibility index (Phi) is 5.86. The Morgan fingerprint density at radius 1 is 1.07 bits per heavy atom. The zero-order chi connectivity index (χ0) is 20.4. The standard InChI is InChI=1S/C23H24ClFN2O2/c24-19-13-14(6-11-20(19)25)12-18-21(26-23(29)27-22(18)28)17-9-7-16(8-10-17)15-4-2-1-3-5-15/h1-4,6,11,13,15-17H,5,7-10,12H2,(H2,26,27,28,29). The summed E-state index contributed by atoms with van der Waals surface area (Å²) in [6.45, 7) is 0. The molecule has 0 amide bonds. The van der Waals surface area contributed by atoms with E-state index in [-0.39, 0.29) is 16.5 Å². The van der Waals surface area contributed by atoms with Gasteiger partial charge in [0.2, 0.25) is 0 Å². The van der Waals surface area contributed by atoms with E-state index in [0.717, 1.165) is 43.4 Å². The van der Waals surface area contributed by atoms with Gasteiger partial charge in [0, 0.05) is 17.7 Å². The van der Waals surface area contributed by atoms with Crippen LogP contribution in [0.25, 0.3) is 0 Å². The molecule has 0 spiro atoms. The first kappa shape index (κ1) is 19.9. The SMILES string of the molecule is O=c1[nH]c(C2CCC(C3C=CC=CC3)CC2)c(Cc2ccc(F)c(Cl)c2)c(=O)[nH]1. The molecule has 2 N–H and O–H groups in total. The van der Waals surface area contributed by atoms with Crippen LogP contribution in [0.4, 0.5) is 4.39 Å². The summed E-state index contributed by atoms with van der Waals surface area (Å²) in [4.78, 5) is 29.8. The second-order valence-electron chi connectivity index (χ2n) is 8.05. The van der Waals surface area contributed by atoms with Gasteiger partial charge < -0.3 is 4.98 Å². The molecule has 0 radical (unpaired) electrons. The Bertz CT molecular complexity index is 1060. The van der Waals surface area contributed by atoms with E-state index >= 15 is 0 Å². The van der Waals surface area contributed by atoms with E-state index in [0.29, 0.717) is 23.8 Å². The fraction of sp³-hybridized carbons (Fsp3) is 0.391. The van der Waals surface area contributed by atoms with Crippen molar-refractivity contribution in [3.05, 3.63) is 91.0 Å². The highest BCUT2D eigenvalue weighted by atomic mass is 35.5. The first-order chi connectivity index (χ1) is 14.0. The van der Waals surface area contributed by atoms with Crippen molar-refractivity contribution in [1.29, 1.82) is 0 Å². The van der Waals surface area contributed by atoms with Crippen LogP contribution in [-0.2, 0) is 6.42 Å². The van der Waals surface area contributed by atoms with Gasteiger partial charge in [0.25, 0.3) is 5.56 Å². The molecule has 0 aliphatic heterocycles. The first-order valence-corrected chi connectivity index (χ1v) is 10.5. The zero-order valence-corrected chi connectivity index (χ0v) is 16.8. The number of hydrogen-bond acceptors (Lipinski definition) is 2. The van der Waals surface area contributed by atoms with Crippen LogP contribution in [-0.4, -0.2) is 9.97 Å². The molecule has 2 aliphatic rings. The van der Waals surface area contributed by atoms with Crippen molar-refractivity contribution in [2.75, 3.05) is 0 Å². The minimum atomic E-state index is -0.490. The van der Waals surface area contributed by atoms with Gasteiger partial charge in [-0.05, 0) is 67.6 Å². The molecule has 1 fully saturated rings. The highest BCUT2D eigenvalue weighted by molar-refractivity contribution is 6.30. The lowest BCUT2D eigenvalue weighted by Crippen LogP contribution is -2.31. The van der Waals surface area contributed by atoms with Crippen molar-refractivity contribution in [1.82, 2.24) is 9.97 Å². The molecule has 1 aromatic heterocycles. The van der Waals surface area contributed by atoms with Gasteiger partial charge in [-0.1, -0.05) is 42.0 Å². The van der Waals surface area contributed by atoms with E-state index in [2.05, 4.69) is 34.3 Å². The summed E-state index contributed by atoms with van der Waals surface area (Å²) in [5, 5.41) is 0.0278. The summed E-state index contributed by atoms with van der Waals surface area (Å²) < 4.78 is 13.5. The van der Waals surface area contributed by atoms with Crippen molar-refractivity contribution in [2.45, 2.75) is 44.4 Å². The van der Waals surface area contributed by atoms with Crippen molar-refractivity contribution >= 4 is 11.6 Å². The Balaban J connectivity index is 1.56. The Hall–Kier alpha value is -2.40. The number of aromatic nitrogens is 2. The van der Waals surface area contributed by atoms with E-state index in [1.54, 1.807) is 6.07 Å². The van der Waals surface area contributed by atoms with Gasteiger partial charge >= 0.3 is 5.69 Å². The van der Waals surface area contributed by atoms with Gasteiger partial charge in [0.05, 0.1) is 5.02 Å². The second-order valence-corrected chi connectivity index (χ2v) is 8.46. The lowest BCUT2D eigenvalue weighted by atomic mass is 9.72. The Morgan fingerprint density at radius 3 is 2.55 bits per heavy atom. The normalized spacial score (nSPS) is 24.0. The highest BCUT2D eigenvalue weighted by Crippen LogP contribution is 2.40. The predicted molar refractivity (Wildman–Crippen MR) is 113 cm³/mol. The predicted octanol–water partition coefficient (Wildman–Crippen LogP) is 4.85. The second kappa shape index (κ2) is 8.54. The Labute approximate surface area is 173 Å². The van der Waals surface area contributed by atoms with Crippen LogP contribution < -0.4 is 11.2 Å².